The van der Waals surface area contributed by atoms with E-state index in [0.717, 1.165) is 6.20 Å². The predicted molar refractivity (Wildman–Crippen MR) is 50.1 cm³/mol. The summed E-state index contributed by atoms with van der Waals surface area (Å²) in [5.41, 5.74) is 3.16. The minimum Gasteiger partial charge on any atom is -0.480 e. The molecule has 0 amide bonds. The van der Waals surface area contributed by atoms with E-state index in [4.69, 9.17) is 10.8 Å². The minimum absolute atomic E-state index is 0.153. The highest BCUT2D eigenvalue weighted by Gasteiger charge is 2.56. The van der Waals surface area contributed by atoms with E-state index in [9.17, 15) is 18.0 Å². The zero-order valence-corrected chi connectivity index (χ0v) is 8.58. The van der Waals surface area contributed by atoms with E-state index >= 15 is 0 Å². The zero-order chi connectivity index (χ0) is 12.8. The molecule has 1 saturated carbocycles. The summed E-state index contributed by atoms with van der Waals surface area (Å²) in [5, 5.41) is 14.0. The van der Waals surface area contributed by atoms with E-state index in [2.05, 4.69) is 5.10 Å². The number of carboxylic acid groups (broad SMARTS) is 1. The van der Waals surface area contributed by atoms with E-state index in [1.807, 2.05) is 5.10 Å². The van der Waals surface area contributed by atoms with Gasteiger partial charge in [0.05, 0.1) is 6.20 Å². The average molecular weight is 249 g/mol. The third kappa shape index (κ3) is 1.78. The fraction of sp³-hybridized carbons (Fsp3) is 0.556. The highest BCUT2D eigenvalue weighted by molar-refractivity contribution is 5.77. The quantitative estimate of drug-likeness (QED) is 0.741. The van der Waals surface area contributed by atoms with E-state index in [1.54, 1.807) is 0 Å². The Morgan fingerprint density at radius 3 is 2.59 bits per heavy atom. The number of carboxylic acids is 1. The molecule has 5 nitrogen and oxygen atoms in total. The van der Waals surface area contributed by atoms with Gasteiger partial charge in [-0.1, -0.05) is 0 Å². The van der Waals surface area contributed by atoms with Crippen LogP contribution < -0.4 is 5.73 Å². The summed E-state index contributed by atoms with van der Waals surface area (Å²) in [7, 11) is 0. The molecule has 0 bridgehead atoms. The standard InChI is InChI=1S/C9H10F3N3O2/c10-9(11,12)6-4(3-14-15-6)8(1-2-8)5(13)7(16)17/h3,5H,1-2,13H2,(H,14,15)(H,16,17). The average Bonchev–Trinajstić information content (AvgIpc) is 2.84. The molecule has 1 aliphatic rings. The monoisotopic (exact) mass is 249 g/mol. The predicted octanol–water partition coefficient (Wildman–Crippen LogP) is 0.872. The molecule has 1 unspecified atom stereocenters. The van der Waals surface area contributed by atoms with Crippen LogP contribution in [0.15, 0.2) is 6.20 Å². The first-order chi connectivity index (χ1) is 7.79. The van der Waals surface area contributed by atoms with Gasteiger partial charge in [-0.2, -0.15) is 18.3 Å². The number of hydrogen-bond donors (Lipinski definition) is 3. The van der Waals surface area contributed by atoms with Gasteiger partial charge in [-0.3, -0.25) is 9.89 Å². The number of aromatic nitrogens is 2. The Balaban J connectivity index is 2.42. The highest BCUT2D eigenvalue weighted by atomic mass is 19.4. The Bertz CT molecular complexity index is 451. The molecule has 1 aliphatic carbocycles. The smallest absolute Gasteiger partial charge is 0.433 e. The Kier molecular flexibility index (Phi) is 2.42. The van der Waals surface area contributed by atoms with Crippen molar-refractivity contribution in [3.05, 3.63) is 17.5 Å². The second kappa shape index (κ2) is 3.46. The molecule has 0 aliphatic heterocycles. The van der Waals surface area contributed by atoms with Crippen molar-refractivity contribution in [2.24, 2.45) is 5.73 Å². The molecule has 4 N–H and O–H groups in total. The largest absolute Gasteiger partial charge is 0.480 e. The second-order valence-electron chi connectivity index (χ2n) is 4.13. The number of hydrogen-bond acceptors (Lipinski definition) is 3. The number of nitrogens with zero attached hydrogens (tertiary/aromatic N) is 1. The summed E-state index contributed by atoms with van der Waals surface area (Å²) in [4.78, 5) is 10.8. The molecule has 94 valence electrons. The molecule has 0 radical (unpaired) electrons. The number of H-pyrrole nitrogens is 1. The van der Waals surface area contributed by atoms with Crippen molar-refractivity contribution >= 4 is 5.97 Å². The molecular formula is C9H10F3N3O2. The number of alkyl halides is 3. The van der Waals surface area contributed by atoms with Crippen molar-refractivity contribution in [1.29, 1.82) is 0 Å². The van der Waals surface area contributed by atoms with E-state index in [-0.39, 0.29) is 5.56 Å². The van der Waals surface area contributed by atoms with Crippen molar-refractivity contribution in [2.45, 2.75) is 30.5 Å². The lowest BCUT2D eigenvalue weighted by Gasteiger charge is -2.20. The summed E-state index contributed by atoms with van der Waals surface area (Å²) in [6.45, 7) is 0. The summed E-state index contributed by atoms with van der Waals surface area (Å²) in [5.74, 6) is -1.31. The van der Waals surface area contributed by atoms with Gasteiger partial charge in [0.15, 0.2) is 0 Å². The highest BCUT2D eigenvalue weighted by Crippen LogP contribution is 2.53. The lowest BCUT2D eigenvalue weighted by molar-refractivity contribution is -0.144. The van der Waals surface area contributed by atoms with Crippen LogP contribution in [0.5, 0.6) is 0 Å². The van der Waals surface area contributed by atoms with Gasteiger partial charge in [0.2, 0.25) is 0 Å². The van der Waals surface area contributed by atoms with E-state index in [0.29, 0.717) is 12.8 Å². The molecule has 1 atom stereocenters. The number of nitrogens with one attached hydrogen (secondary N) is 1. The van der Waals surface area contributed by atoms with Crippen molar-refractivity contribution in [1.82, 2.24) is 10.2 Å². The van der Waals surface area contributed by atoms with Crippen LogP contribution in [-0.4, -0.2) is 27.3 Å². The van der Waals surface area contributed by atoms with Crippen molar-refractivity contribution in [3.8, 4) is 0 Å². The molecule has 1 fully saturated rings. The van der Waals surface area contributed by atoms with Crippen LogP contribution in [0.25, 0.3) is 0 Å². The number of carbonyl (C=O) groups is 1. The molecular weight excluding hydrogens is 239 g/mol. The number of aliphatic carboxylic acids is 1. The van der Waals surface area contributed by atoms with E-state index < -0.39 is 29.3 Å². The number of halogens is 3. The van der Waals surface area contributed by atoms with Gasteiger partial charge in [0.25, 0.3) is 0 Å². The van der Waals surface area contributed by atoms with Crippen LogP contribution in [0, 0.1) is 0 Å². The Labute approximate surface area is 93.8 Å². The van der Waals surface area contributed by atoms with Crippen LogP contribution in [0.1, 0.15) is 24.1 Å². The van der Waals surface area contributed by atoms with Crippen LogP contribution >= 0.6 is 0 Å². The minimum atomic E-state index is -4.58. The van der Waals surface area contributed by atoms with Crippen LogP contribution in [0.2, 0.25) is 0 Å². The Hall–Kier alpha value is -1.57. The molecule has 8 heteroatoms. The molecule has 0 saturated heterocycles. The van der Waals surface area contributed by atoms with Crippen molar-refractivity contribution in [2.75, 3.05) is 0 Å². The Morgan fingerprint density at radius 1 is 1.59 bits per heavy atom. The maximum absolute atomic E-state index is 12.6. The summed E-state index contributed by atoms with van der Waals surface area (Å²) < 4.78 is 37.9. The summed E-state index contributed by atoms with van der Waals surface area (Å²) in [6.07, 6.45) is -2.93. The summed E-state index contributed by atoms with van der Waals surface area (Å²) >= 11 is 0. The molecule has 17 heavy (non-hydrogen) atoms. The van der Waals surface area contributed by atoms with Crippen molar-refractivity contribution < 1.29 is 23.1 Å². The number of nitrogens with two attached hydrogens (primary N) is 1. The molecule has 1 aromatic rings. The number of rotatable bonds is 3. The first kappa shape index (κ1) is 11.9. The van der Waals surface area contributed by atoms with Crippen LogP contribution in [0.3, 0.4) is 0 Å². The fourth-order valence-corrected chi connectivity index (χ4v) is 2.00. The van der Waals surface area contributed by atoms with Crippen molar-refractivity contribution in [3.63, 3.8) is 0 Å². The zero-order valence-electron chi connectivity index (χ0n) is 8.58. The molecule has 0 aromatic carbocycles. The third-order valence-electron chi connectivity index (χ3n) is 3.11. The molecule has 2 rings (SSSR count). The lowest BCUT2D eigenvalue weighted by atomic mass is 9.88. The summed E-state index contributed by atoms with van der Waals surface area (Å²) in [6, 6.07) is -1.35. The van der Waals surface area contributed by atoms with Gasteiger partial charge in [-0.05, 0) is 12.8 Å². The van der Waals surface area contributed by atoms with Gasteiger partial charge in [0, 0.05) is 11.0 Å². The Morgan fingerprint density at radius 2 is 2.18 bits per heavy atom. The normalized spacial score (nSPS) is 20.0. The van der Waals surface area contributed by atoms with E-state index in [1.165, 1.54) is 0 Å². The molecule has 1 heterocycles. The maximum atomic E-state index is 12.6. The second-order valence-corrected chi connectivity index (χ2v) is 4.13. The third-order valence-corrected chi connectivity index (χ3v) is 3.11. The SMILES string of the molecule is NC(C(=O)O)C1(c2cn[nH]c2C(F)(F)F)CC1. The van der Waals surface area contributed by atoms with Crippen LogP contribution in [0.4, 0.5) is 13.2 Å². The van der Waals surface area contributed by atoms with Gasteiger partial charge in [0.1, 0.15) is 11.7 Å². The fourth-order valence-electron chi connectivity index (χ4n) is 2.00. The maximum Gasteiger partial charge on any atom is 0.433 e. The first-order valence-corrected chi connectivity index (χ1v) is 4.88. The molecule has 1 aromatic heterocycles. The van der Waals surface area contributed by atoms with Crippen LogP contribution in [-0.2, 0) is 16.4 Å². The molecule has 0 spiro atoms. The van der Waals surface area contributed by atoms with Gasteiger partial charge in [-0.15, -0.1) is 0 Å². The number of aromatic amines is 1. The lowest BCUT2D eigenvalue weighted by Crippen LogP contribution is -2.42. The topological polar surface area (TPSA) is 92.0 Å². The van der Waals surface area contributed by atoms with Gasteiger partial charge in [-0.25, -0.2) is 0 Å². The first-order valence-electron chi connectivity index (χ1n) is 4.88. The van der Waals surface area contributed by atoms with Gasteiger partial charge < -0.3 is 10.8 Å². The van der Waals surface area contributed by atoms with Gasteiger partial charge >= 0.3 is 12.1 Å².